The van der Waals surface area contributed by atoms with Crippen LogP contribution in [-0.4, -0.2) is 30.8 Å². The minimum Gasteiger partial charge on any atom is -0.497 e. The number of methoxy groups -OCH3 is 1. The van der Waals surface area contributed by atoms with E-state index in [1.807, 2.05) is 12.1 Å². The summed E-state index contributed by atoms with van der Waals surface area (Å²) in [7, 11) is 1.58. The van der Waals surface area contributed by atoms with Crippen LogP contribution in [0.1, 0.15) is 6.42 Å². The molecule has 1 unspecified atom stereocenters. The summed E-state index contributed by atoms with van der Waals surface area (Å²) in [6.45, 7) is 0.346. The highest BCUT2D eigenvalue weighted by Gasteiger charge is 2.29. The van der Waals surface area contributed by atoms with Gasteiger partial charge in [-0.15, -0.1) is 0 Å². The molecule has 0 bridgehead atoms. The quantitative estimate of drug-likeness (QED) is 0.897. The first-order valence-corrected chi connectivity index (χ1v) is 5.72. The predicted octanol–water partition coefficient (Wildman–Crippen LogP) is 1.56. The Morgan fingerprint density at radius 1 is 1.50 bits per heavy atom. The molecule has 1 amide bonds. The molecule has 4 nitrogen and oxygen atoms in total. The molecule has 1 atom stereocenters. The molecule has 5 heteroatoms. The molecule has 0 aromatic heterocycles. The van der Waals surface area contributed by atoms with Crippen LogP contribution >= 0.6 is 15.9 Å². The van der Waals surface area contributed by atoms with Gasteiger partial charge in [-0.05, 0) is 12.1 Å². The van der Waals surface area contributed by atoms with E-state index in [1.54, 1.807) is 18.1 Å². The number of ether oxygens (including phenoxy) is 1. The lowest BCUT2D eigenvalue weighted by molar-refractivity contribution is -0.117. The number of halogens is 1. The summed E-state index contributed by atoms with van der Waals surface area (Å²) in [5, 5.41) is 9.42. The van der Waals surface area contributed by atoms with Crippen LogP contribution < -0.4 is 9.64 Å². The standard InChI is InChI=1S/C11H12BrNO3/c1-16-10-3-7(12)2-8(4-10)13-6-9(14)5-11(13)15/h2-4,9,14H,5-6H2,1H3. The van der Waals surface area contributed by atoms with Crippen molar-refractivity contribution in [3.8, 4) is 5.75 Å². The Labute approximate surface area is 102 Å². The maximum absolute atomic E-state index is 11.6. The summed E-state index contributed by atoms with van der Waals surface area (Å²) in [5.41, 5.74) is 0.743. The first kappa shape index (κ1) is 11.4. The van der Waals surface area contributed by atoms with Crippen LogP contribution in [0, 0.1) is 0 Å². The minimum atomic E-state index is -0.572. The van der Waals surface area contributed by atoms with E-state index in [0.29, 0.717) is 12.3 Å². The molecule has 1 aromatic rings. The van der Waals surface area contributed by atoms with Crippen molar-refractivity contribution in [2.45, 2.75) is 12.5 Å². The summed E-state index contributed by atoms with van der Waals surface area (Å²) in [6, 6.07) is 5.43. The molecule has 86 valence electrons. The number of nitrogens with zero attached hydrogens (tertiary/aromatic N) is 1. The van der Waals surface area contributed by atoms with Crippen molar-refractivity contribution in [2.75, 3.05) is 18.6 Å². The first-order valence-electron chi connectivity index (χ1n) is 4.93. The molecule has 0 saturated carbocycles. The van der Waals surface area contributed by atoms with E-state index >= 15 is 0 Å². The van der Waals surface area contributed by atoms with Crippen LogP contribution in [0.25, 0.3) is 0 Å². The summed E-state index contributed by atoms with van der Waals surface area (Å²) in [5.74, 6) is 0.617. The number of hydrogen-bond acceptors (Lipinski definition) is 3. The lowest BCUT2D eigenvalue weighted by Crippen LogP contribution is -2.25. The molecule has 1 fully saturated rings. The van der Waals surface area contributed by atoms with Crippen LogP contribution in [0.4, 0.5) is 5.69 Å². The number of β-amino-alcohol motifs (C(OH)–C–C–N with tert-alkyl or cyclic N) is 1. The Bertz CT molecular complexity index is 422. The molecule has 1 N–H and O–H groups in total. The molecule has 1 aromatic carbocycles. The Morgan fingerprint density at radius 2 is 2.25 bits per heavy atom. The van der Waals surface area contributed by atoms with Crippen molar-refractivity contribution in [1.82, 2.24) is 0 Å². The molecule has 0 spiro atoms. The third-order valence-electron chi connectivity index (χ3n) is 2.51. The summed E-state index contributed by atoms with van der Waals surface area (Å²) >= 11 is 3.36. The van der Waals surface area contributed by atoms with E-state index < -0.39 is 6.10 Å². The Hall–Kier alpha value is -1.07. The predicted molar refractivity (Wildman–Crippen MR) is 63.7 cm³/mol. The van der Waals surface area contributed by atoms with Gasteiger partial charge in [0.2, 0.25) is 5.91 Å². The minimum absolute atomic E-state index is 0.0624. The first-order chi connectivity index (χ1) is 7.60. The van der Waals surface area contributed by atoms with E-state index in [1.165, 1.54) is 0 Å². The maximum Gasteiger partial charge on any atom is 0.229 e. The van der Waals surface area contributed by atoms with Crippen molar-refractivity contribution in [3.05, 3.63) is 22.7 Å². The molecule has 0 aliphatic carbocycles. The Morgan fingerprint density at radius 3 is 2.81 bits per heavy atom. The largest absolute Gasteiger partial charge is 0.497 e. The van der Waals surface area contributed by atoms with Gasteiger partial charge in [0.05, 0.1) is 26.2 Å². The number of aliphatic hydroxyl groups is 1. The summed E-state index contributed by atoms with van der Waals surface area (Å²) in [4.78, 5) is 13.2. The second-order valence-corrected chi connectivity index (χ2v) is 4.63. The molecule has 1 saturated heterocycles. The number of carbonyl (C=O) groups is 1. The number of rotatable bonds is 2. The third-order valence-corrected chi connectivity index (χ3v) is 2.97. The second-order valence-electron chi connectivity index (χ2n) is 3.71. The van der Waals surface area contributed by atoms with E-state index in [0.717, 1.165) is 10.2 Å². The smallest absolute Gasteiger partial charge is 0.229 e. The van der Waals surface area contributed by atoms with E-state index in [-0.39, 0.29) is 12.3 Å². The monoisotopic (exact) mass is 285 g/mol. The second kappa shape index (κ2) is 4.43. The van der Waals surface area contributed by atoms with Gasteiger partial charge < -0.3 is 14.7 Å². The van der Waals surface area contributed by atoms with Gasteiger partial charge in [-0.25, -0.2) is 0 Å². The van der Waals surface area contributed by atoms with Gasteiger partial charge in [-0.2, -0.15) is 0 Å². The fraction of sp³-hybridized carbons (Fsp3) is 0.364. The number of amides is 1. The van der Waals surface area contributed by atoms with Gasteiger partial charge in [0.1, 0.15) is 5.75 Å². The van der Waals surface area contributed by atoms with E-state index in [9.17, 15) is 9.90 Å². The van der Waals surface area contributed by atoms with Crippen molar-refractivity contribution >= 4 is 27.5 Å². The number of hydrogen-bond donors (Lipinski definition) is 1. The highest BCUT2D eigenvalue weighted by Crippen LogP contribution is 2.29. The average Bonchev–Trinajstić information content (AvgIpc) is 2.57. The van der Waals surface area contributed by atoms with Crippen molar-refractivity contribution in [2.24, 2.45) is 0 Å². The number of benzene rings is 1. The molecule has 1 aliphatic rings. The molecular weight excluding hydrogens is 274 g/mol. The zero-order valence-corrected chi connectivity index (χ0v) is 10.4. The molecule has 1 aliphatic heterocycles. The zero-order chi connectivity index (χ0) is 11.7. The SMILES string of the molecule is COc1cc(Br)cc(N2CC(O)CC2=O)c1. The van der Waals surface area contributed by atoms with Crippen molar-refractivity contribution < 1.29 is 14.6 Å². The fourth-order valence-electron chi connectivity index (χ4n) is 1.76. The van der Waals surface area contributed by atoms with Crippen LogP contribution in [0.2, 0.25) is 0 Å². The van der Waals surface area contributed by atoms with Crippen LogP contribution in [0.15, 0.2) is 22.7 Å². The van der Waals surface area contributed by atoms with Gasteiger partial charge >= 0.3 is 0 Å². The number of carbonyl (C=O) groups excluding carboxylic acids is 1. The molecule has 0 radical (unpaired) electrons. The van der Waals surface area contributed by atoms with Crippen molar-refractivity contribution in [3.63, 3.8) is 0 Å². The summed E-state index contributed by atoms with van der Waals surface area (Å²) < 4.78 is 5.97. The number of aliphatic hydroxyl groups excluding tert-OH is 1. The summed E-state index contributed by atoms with van der Waals surface area (Å²) in [6.07, 6.45) is -0.382. The molecule has 16 heavy (non-hydrogen) atoms. The van der Waals surface area contributed by atoms with Gasteiger partial charge in [0.15, 0.2) is 0 Å². The topological polar surface area (TPSA) is 49.8 Å². The van der Waals surface area contributed by atoms with Gasteiger partial charge in [-0.1, -0.05) is 15.9 Å². The van der Waals surface area contributed by atoms with Gasteiger partial charge in [0.25, 0.3) is 0 Å². The lowest BCUT2D eigenvalue weighted by atomic mass is 10.3. The van der Waals surface area contributed by atoms with Crippen LogP contribution in [-0.2, 0) is 4.79 Å². The average molecular weight is 286 g/mol. The normalized spacial score (nSPS) is 20.3. The van der Waals surface area contributed by atoms with Gasteiger partial charge in [-0.3, -0.25) is 4.79 Å². The molecular formula is C11H12BrNO3. The third kappa shape index (κ3) is 2.20. The van der Waals surface area contributed by atoms with E-state index in [4.69, 9.17) is 4.74 Å². The Balaban J connectivity index is 2.33. The van der Waals surface area contributed by atoms with Crippen molar-refractivity contribution in [1.29, 1.82) is 0 Å². The zero-order valence-electron chi connectivity index (χ0n) is 8.81. The lowest BCUT2D eigenvalue weighted by Gasteiger charge is -2.17. The van der Waals surface area contributed by atoms with E-state index in [2.05, 4.69) is 15.9 Å². The highest BCUT2D eigenvalue weighted by atomic mass is 79.9. The Kier molecular flexibility index (Phi) is 3.16. The fourth-order valence-corrected chi connectivity index (χ4v) is 2.22. The highest BCUT2D eigenvalue weighted by molar-refractivity contribution is 9.10. The van der Waals surface area contributed by atoms with Crippen LogP contribution in [0.5, 0.6) is 5.75 Å². The van der Waals surface area contributed by atoms with Gasteiger partial charge in [0, 0.05) is 16.2 Å². The number of anilines is 1. The molecule has 2 rings (SSSR count). The maximum atomic E-state index is 11.6. The molecule has 1 heterocycles. The van der Waals surface area contributed by atoms with Crippen LogP contribution in [0.3, 0.4) is 0 Å².